The molecule has 0 radical (unpaired) electrons. The van der Waals surface area contributed by atoms with Crippen molar-refractivity contribution in [3.05, 3.63) is 6.07 Å². The van der Waals surface area contributed by atoms with E-state index in [1.165, 1.54) is 34.4 Å². The second kappa shape index (κ2) is 7.77. The minimum Gasteiger partial charge on any atom is -0.481 e. The minimum absolute atomic E-state index is 0.0187. The number of carbonyl (C=O) groups is 1. The number of ether oxygens (including phenoxy) is 2. The fraction of sp³-hybridized carbons (Fsp3) is 0.500. The monoisotopic (exact) mass is 398 g/mol. The molecular weight excluding hydrogens is 380 g/mol. The Kier molecular flexibility index (Phi) is 6.47. The number of carbonyl (C=O) groups excluding carboxylic acids is 1. The average molecular weight is 398 g/mol. The molecule has 0 saturated heterocycles. The fourth-order valence-electron chi connectivity index (χ4n) is 1.34. The lowest BCUT2D eigenvalue weighted by atomic mass is 10.6. The Morgan fingerprint density at radius 3 is 2.00 bits per heavy atom. The summed E-state index contributed by atoms with van der Waals surface area (Å²) < 4.78 is 57.3. The van der Waals surface area contributed by atoms with Crippen LogP contribution in [0.3, 0.4) is 0 Å². The summed E-state index contributed by atoms with van der Waals surface area (Å²) in [5.41, 5.74) is 0. The highest BCUT2D eigenvalue weighted by atomic mass is 32.2. The Labute approximate surface area is 145 Å². The highest BCUT2D eigenvalue weighted by Crippen LogP contribution is 2.18. The summed E-state index contributed by atoms with van der Waals surface area (Å²) in [6.07, 6.45) is 0. The average Bonchev–Trinajstić information content (AvgIpc) is 2.50. The van der Waals surface area contributed by atoms with Gasteiger partial charge in [0.25, 0.3) is 0 Å². The van der Waals surface area contributed by atoms with Gasteiger partial charge in [0.1, 0.15) is 0 Å². The predicted molar refractivity (Wildman–Crippen MR) is 86.6 cm³/mol. The fourth-order valence-corrected chi connectivity index (χ4v) is 3.25. The number of hydrogen-bond acceptors (Lipinski definition) is 9. The molecule has 15 heteroatoms. The van der Waals surface area contributed by atoms with Gasteiger partial charge in [0.2, 0.25) is 27.7 Å². The van der Waals surface area contributed by atoms with Gasteiger partial charge in [-0.15, -0.1) is 0 Å². The van der Waals surface area contributed by atoms with Crippen LogP contribution in [-0.2, 0) is 20.2 Å². The topological polar surface area (TPSA) is 174 Å². The number of nitrogens with zero attached hydrogens (tertiary/aromatic N) is 4. The van der Waals surface area contributed by atoms with Crippen molar-refractivity contribution in [2.75, 3.05) is 39.5 Å². The molecule has 0 unspecified atom stereocenters. The lowest BCUT2D eigenvalue weighted by Gasteiger charge is -2.21. The van der Waals surface area contributed by atoms with Crippen molar-refractivity contribution in [1.82, 2.24) is 18.6 Å². The van der Waals surface area contributed by atoms with E-state index in [1.54, 1.807) is 0 Å². The first-order chi connectivity index (χ1) is 11.4. The molecule has 0 aliphatic heterocycles. The van der Waals surface area contributed by atoms with Crippen LogP contribution in [0.1, 0.15) is 0 Å². The Hall–Kier alpha value is -2.23. The van der Waals surface area contributed by atoms with Gasteiger partial charge in [-0.05, 0) is 0 Å². The van der Waals surface area contributed by atoms with Gasteiger partial charge in [-0.25, -0.2) is 22.7 Å². The van der Waals surface area contributed by atoms with Crippen molar-refractivity contribution in [3.8, 4) is 11.8 Å². The molecule has 3 N–H and O–H groups in total. The predicted octanol–water partition coefficient (Wildman–Crippen LogP) is -1.62. The second-order valence-electron chi connectivity index (χ2n) is 4.62. The van der Waals surface area contributed by atoms with E-state index in [-0.39, 0.29) is 22.0 Å². The number of nitrogens with one attached hydrogen (secondary N) is 1. The first kappa shape index (κ1) is 20.8. The molecule has 0 saturated carbocycles. The van der Waals surface area contributed by atoms with Crippen LogP contribution in [0.25, 0.3) is 0 Å². The zero-order valence-corrected chi connectivity index (χ0v) is 15.5. The van der Waals surface area contributed by atoms with Gasteiger partial charge >= 0.3 is 16.2 Å². The number of sulfonamides is 1. The molecule has 0 bridgehead atoms. The molecule has 0 aromatic carbocycles. The van der Waals surface area contributed by atoms with Gasteiger partial charge in [0.05, 0.1) is 20.3 Å². The lowest BCUT2D eigenvalue weighted by Crippen LogP contribution is -2.48. The molecule has 142 valence electrons. The van der Waals surface area contributed by atoms with Crippen LogP contribution in [0.15, 0.2) is 6.07 Å². The lowest BCUT2D eigenvalue weighted by molar-refractivity contribution is 0.238. The molecule has 0 aliphatic carbocycles. The van der Waals surface area contributed by atoms with Crippen molar-refractivity contribution >= 4 is 32.2 Å². The Bertz CT molecular complexity index is 817. The minimum atomic E-state index is -4.68. The SMILES string of the molecule is COc1cc(OC)nc(NC(=O)N(CS(=O)(=O)N(C)C)S(N)(=O)=O)n1. The highest BCUT2D eigenvalue weighted by Gasteiger charge is 2.31. The summed E-state index contributed by atoms with van der Waals surface area (Å²) in [7, 11) is -3.84. The molecule has 2 amide bonds. The zero-order chi connectivity index (χ0) is 19.4. The molecule has 1 aromatic heterocycles. The maximum atomic E-state index is 12.2. The highest BCUT2D eigenvalue weighted by molar-refractivity contribution is 7.91. The summed E-state index contributed by atoms with van der Waals surface area (Å²) in [6, 6.07) is -0.0629. The largest absolute Gasteiger partial charge is 0.481 e. The van der Waals surface area contributed by atoms with Crippen LogP contribution in [0.5, 0.6) is 11.8 Å². The van der Waals surface area contributed by atoms with Gasteiger partial charge < -0.3 is 9.47 Å². The van der Waals surface area contributed by atoms with E-state index < -0.39 is 32.1 Å². The van der Waals surface area contributed by atoms with Crippen molar-refractivity contribution in [2.45, 2.75) is 0 Å². The van der Waals surface area contributed by atoms with E-state index in [9.17, 15) is 21.6 Å². The van der Waals surface area contributed by atoms with E-state index in [1.807, 2.05) is 5.32 Å². The number of urea groups is 1. The van der Waals surface area contributed by atoms with Gasteiger partial charge in [0, 0.05) is 14.1 Å². The molecule has 1 aromatic rings. The van der Waals surface area contributed by atoms with Crippen molar-refractivity contribution in [2.24, 2.45) is 5.14 Å². The number of hydrogen-bond donors (Lipinski definition) is 2. The van der Waals surface area contributed by atoms with E-state index in [0.29, 0.717) is 0 Å². The van der Waals surface area contributed by atoms with E-state index in [2.05, 4.69) is 9.97 Å². The Morgan fingerprint density at radius 2 is 1.64 bits per heavy atom. The molecule has 0 fully saturated rings. The smallest absolute Gasteiger partial charge is 0.339 e. The van der Waals surface area contributed by atoms with Crippen LogP contribution in [0, 0.1) is 0 Å². The van der Waals surface area contributed by atoms with E-state index >= 15 is 0 Å². The maximum Gasteiger partial charge on any atom is 0.339 e. The summed E-state index contributed by atoms with van der Waals surface area (Å²) in [5.74, 6) is -1.54. The zero-order valence-electron chi connectivity index (χ0n) is 13.8. The third-order valence-corrected chi connectivity index (χ3v) is 5.46. The standard InChI is InChI=1S/C10H18N6O7S2/c1-15(2)24(18,19)6-16(25(11,20)21)10(17)14-9-12-7(22-3)5-8(13-9)23-4/h5H,6H2,1-4H3,(H2,11,20,21)(H,12,13,14,17). The Morgan fingerprint density at radius 1 is 1.16 bits per heavy atom. The summed E-state index contributed by atoms with van der Waals surface area (Å²) in [4.78, 5) is 19.7. The number of anilines is 1. The van der Waals surface area contributed by atoms with Gasteiger partial charge in [-0.3, -0.25) is 5.32 Å². The number of aromatic nitrogens is 2. The van der Waals surface area contributed by atoms with Crippen LogP contribution in [0.4, 0.5) is 10.7 Å². The molecule has 25 heavy (non-hydrogen) atoms. The van der Waals surface area contributed by atoms with Crippen LogP contribution in [-0.4, -0.2) is 75.6 Å². The van der Waals surface area contributed by atoms with Crippen LogP contribution in [0.2, 0.25) is 0 Å². The first-order valence-corrected chi connectivity index (χ1v) is 9.50. The third-order valence-electron chi connectivity index (χ3n) is 2.69. The molecule has 1 heterocycles. The molecule has 0 atom stereocenters. The molecule has 1 rings (SSSR count). The van der Waals surface area contributed by atoms with Crippen molar-refractivity contribution in [1.29, 1.82) is 0 Å². The number of methoxy groups -OCH3 is 2. The van der Waals surface area contributed by atoms with Crippen molar-refractivity contribution in [3.63, 3.8) is 0 Å². The van der Waals surface area contributed by atoms with Gasteiger partial charge in [-0.2, -0.15) is 22.7 Å². The first-order valence-electron chi connectivity index (χ1n) is 6.39. The quantitative estimate of drug-likeness (QED) is 0.547. The maximum absolute atomic E-state index is 12.2. The Balaban J connectivity index is 3.16. The molecular formula is C10H18N6O7S2. The number of rotatable bonds is 7. The van der Waals surface area contributed by atoms with E-state index in [0.717, 1.165) is 4.31 Å². The molecule has 0 aliphatic rings. The van der Waals surface area contributed by atoms with Crippen LogP contribution >= 0.6 is 0 Å². The van der Waals surface area contributed by atoms with Gasteiger partial charge in [-0.1, -0.05) is 0 Å². The summed E-state index contributed by atoms with van der Waals surface area (Å²) in [6.45, 7) is 0. The third kappa shape index (κ3) is 5.66. The normalized spacial score (nSPS) is 11.9. The van der Waals surface area contributed by atoms with Crippen molar-refractivity contribution < 1.29 is 31.1 Å². The summed E-state index contributed by atoms with van der Waals surface area (Å²) >= 11 is 0. The van der Waals surface area contributed by atoms with Crippen LogP contribution < -0.4 is 19.9 Å². The second-order valence-corrected chi connectivity index (χ2v) is 8.25. The summed E-state index contributed by atoms with van der Waals surface area (Å²) in [5, 5.41) is 6.94. The molecule has 0 spiro atoms. The number of amides is 2. The number of nitrogens with two attached hydrogens (primary N) is 1. The molecule has 13 nitrogen and oxygen atoms in total. The van der Waals surface area contributed by atoms with Gasteiger partial charge in [0.15, 0.2) is 5.88 Å². The van der Waals surface area contributed by atoms with E-state index in [4.69, 9.17) is 14.6 Å².